The van der Waals surface area contributed by atoms with E-state index in [4.69, 9.17) is 5.73 Å². The summed E-state index contributed by atoms with van der Waals surface area (Å²) in [6.07, 6.45) is 3.16. The van der Waals surface area contributed by atoms with Crippen molar-refractivity contribution in [3.8, 4) is 0 Å². The Bertz CT molecular complexity index is 401. The molecule has 1 aromatic rings. The topological polar surface area (TPSA) is 73.1 Å². The molecular weight excluding hydrogens is 188 g/mol. The Kier molecular flexibility index (Phi) is 1.85. The van der Waals surface area contributed by atoms with E-state index in [1.54, 1.807) is 24.5 Å². The third-order valence-corrected chi connectivity index (χ3v) is 4.48. The zero-order valence-electron chi connectivity index (χ0n) is 6.92. The molecule has 0 amide bonds. The fourth-order valence-electron chi connectivity index (χ4n) is 1.61. The molecule has 0 spiro atoms. The molecule has 1 aliphatic heterocycles. The summed E-state index contributed by atoms with van der Waals surface area (Å²) >= 11 is 0. The summed E-state index contributed by atoms with van der Waals surface area (Å²) in [6, 6.07) is 3.13. The van der Waals surface area contributed by atoms with E-state index in [0.29, 0.717) is 0 Å². The van der Waals surface area contributed by atoms with E-state index in [1.807, 2.05) is 0 Å². The first-order valence-corrected chi connectivity index (χ1v) is 5.70. The van der Waals surface area contributed by atoms with Gasteiger partial charge in [-0.15, -0.1) is 0 Å². The summed E-state index contributed by atoms with van der Waals surface area (Å²) in [4.78, 5) is 3.82. The summed E-state index contributed by atoms with van der Waals surface area (Å²) in [6.45, 7) is 0. The van der Waals surface area contributed by atoms with Crippen LogP contribution >= 0.6 is 0 Å². The Hall–Kier alpha value is -0.940. The summed E-state index contributed by atoms with van der Waals surface area (Å²) in [7, 11) is -2.98. The van der Waals surface area contributed by atoms with Crippen LogP contribution in [0.3, 0.4) is 0 Å². The predicted molar refractivity (Wildman–Crippen MR) is 48.7 cm³/mol. The first-order valence-electron chi connectivity index (χ1n) is 3.98. The molecule has 0 aromatic carbocycles. The molecule has 4 nitrogen and oxygen atoms in total. The van der Waals surface area contributed by atoms with Gasteiger partial charge in [-0.25, -0.2) is 8.42 Å². The van der Waals surface area contributed by atoms with Crippen LogP contribution in [-0.2, 0) is 9.84 Å². The van der Waals surface area contributed by atoms with E-state index < -0.39 is 15.1 Å². The molecule has 1 fully saturated rings. The maximum atomic E-state index is 11.3. The number of nitrogens with zero attached hydrogens (tertiary/aromatic N) is 1. The maximum Gasteiger partial charge on any atom is 0.160 e. The normalized spacial score (nSPS) is 30.8. The fraction of sp³-hybridized carbons (Fsp3) is 0.375. The number of hydrogen-bond donors (Lipinski definition) is 1. The van der Waals surface area contributed by atoms with Crippen molar-refractivity contribution in [3.63, 3.8) is 0 Å². The number of pyridine rings is 1. The molecule has 2 heterocycles. The third kappa shape index (κ3) is 1.34. The minimum atomic E-state index is -2.98. The average molecular weight is 198 g/mol. The molecule has 1 aromatic heterocycles. The lowest BCUT2D eigenvalue weighted by Gasteiger charge is -2.33. The number of nitrogens with two attached hydrogens (primary N) is 1. The summed E-state index contributed by atoms with van der Waals surface area (Å²) in [5.41, 5.74) is 6.38. The largest absolute Gasteiger partial charge is 0.325 e. The fourth-order valence-corrected chi connectivity index (χ4v) is 3.39. The van der Waals surface area contributed by atoms with E-state index in [0.717, 1.165) is 5.56 Å². The number of hydrogen-bond acceptors (Lipinski definition) is 4. The molecular formula is C8H10N2O2S. The van der Waals surface area contributed by atoms with Crippen molar-refractivity contribution in [1.82, 2.24) is 4.98 Å². The van der Waals surface area contributed by atoms with E-state index in [1.165, 1.54) is 0 Å². The first kappa shape index (κ1) is 8.65. The van der Waals surface area contributed by atoms with Gasteiger partial charge in [-0.3, -0.25) is 4.98 Å². The summed E-state index contributed by atoms with van der Waals surface area (Å²) < 4.78 is 22.7. The zero-order valence-corrected chi connectivity index (χ0v) is 7.74. The molecule has 2 atom stereocenters. The van der Waals surface area contributed by atoms with Crippen molar-refractivity contribution in [3.05, 3.63) is 30.1 Å². The molecule has 70 valence electrons. The van der Waals surface area contributed by atoms with Crippen molar-refractivity contribution < 1.29 is 8.42 Å². The number of rotatable bonds is 1. The molecule has 2 N–H and O–H groups in total. The van der Waals surface area contributed by atoms with Crippen LogP contribution in [0.2, 0.25) is 0 Å². The van der Waals surface area contributed by atoms with Crippen LogP contribution < -0.4 is 5.73 Å². The third-order valence-electron chi connectivity index (χ3n) is 2.24. The van der Waals surface area contributed by atoms with Gasteiger partial charge in [0.1, 0.15) is 5.25 Å². The molecule has 13 heavy (non-hydrogen) atoms. The standard InChI is InChI=1S/C8H10N2O2S/c9-7-5-13(11,12)8(7)6-1-3-10-4-2-6/h1-4,7-8H,5,9H2. The Morgan fingerprint density at radius 3 is 2.46 bits per heavy atom. The van der Waals surface area contributed by atoms with Crippen LogP contribution in [0, 0.1) is 0 Å². The van der Waals surface area contributed by atoms with Crippen molar-refractivity contribution in [2.24, 2.45) is 5.73 Å². The molecule has 1 aliphatic rings. The molecule has 0 saturated carbocycles. The van der Waals surface area contributed by atoms with Gasteiger partial charge in [-0.2, -0.15) is 0 Å². The van der Waals surface area contributed by atoms with Crippen molar-refractivity contribution >= 4 is 9.84 Å². The Morgan fingerprint density at radius 2 is 2.00 bits per heavy atom. The van der Waals surface area contributed by atoms with E-state index in [2.05, 4.69) is 4.98 Å². The quantitative estimate of drug-likeness (QED) is 0.682. The first-order chi connectivity index (χ1) is 6.11. The summed E-state index contributed by atoms with van der Waals surface area (Å²) in [5.74, 6) is 0.0972. The van der Waals surface area contributed by atoms with E-state index in [-0.39, 0.29) is 11.8 Å². The van der Waals surface area contributed by atoms with Gasteiger partial charge < -0.3 is 5.73 Å². The second kappa shape index (κ2) is 2.78. The van der Waals surface area contributed by atoms with Gasteiger partial charge in [-0.1, -0.05) is 0 Å². The number of sulfone groups is 1. The highest BCUT2D eigenvalue weighted by Crippen LogP contribution is 2.34. The zero-order chi connectivity index (χ0) is 9.47. The van der Waals surface area contributed by atoms with Gasteiger partial charge in [-0.05, 0) is 17.7 Å². The number of aromatic nitrogens is 1. The molecule has 0 aliphatic carbocycles. The van der Waals surface area contributed by atoms with Gasteiger partial charge >= 0.3 is 0 Å². The Morgan fingerprint density at radius 1 is 1.38 bits per heavy atom. The highest BCUT2D eigenvalue weighted by Gasteiger charge is 2.44. The van der Waals surface area contributed by atoms with Crippen molar-refractivity contribution in [1.29, 1.82) is 0 Å². The smallest absolute Gasteiger partial charge is 0.160 e. The van der Waals surface area contributed by atoms with Gasteiger partial charge in [0.2, 0.25) is 0 Å². The van der Waals surface area contributed by atoms with Gasteiger partial charge in [0.25, 0.3) is 0 Å². The lowest BCUT2D eigenvalue weighted by Crippen LogP contribution is -2.50. The Balaban J connectivity index is 2.38. The molecule has 0 bridgehead atoms. The van der Waals surface area contributed by atoms with Gasteiger partial charge in [0.05, 0.1) is 5.75 Å². The SMILES string of the molecule is NC1CS(=O)(=O)C1c1ccncc1. The minimum absolute atomic E-state index is 0.0972. The molecule has 2 rings (SSSR count). The van der Waals surface area contributed by atoms with Gasteiger partial charge in [0.15, 0.2) is 9.84 Å². The van der Waals surface area contributed by atoms with Crippen LogP contribution in [0.1, 0.15) is 10.8 Å². The Labute approximate surface area is 76.7 Å². The maximum absolute atomic E-state index is 11.3. The lowest BCUT2D eigenvalue weighted by molar-refractivity contribution is 0.523. The van der Waals surface area contributed by atoms with Crippen molar-refractivity contribution in [2.45, 2.75) is 11.3 Å². The van der Waals surface area contributed by atoms with Crippen LogP contribution in [0.25, 0.3) is 0 Å². The average Bonchev–Trinajstić information content (AvgIpc) is 2.04. The van der Waals surface area contributed by atoms with E-state index in [9.17, 15) is 8.42 Å². The lowest BCUT2D eigenvalue weighted by atomic mass is 10.1. The van der Waals surface area contributed by atoms with Crippen LogP contribution in [0.4, 0.5) is 0 Å². The monoisotopic (exact) mass is 198 g/mol. The van der Waals surface area contributed by atoms with Crippen LogP contribution in [0.15, 0.2) is 24.5 Å². The second-order valence-electron chi connectivity index (χ2n) is 3.19. The van der Waals surface area contributed by atoms with Crippen molar-refractivity contribution in [2.75, 3.05) is 5.75 Å². The van der Waals surface area contributed by atoms with Crippen LogP contribution in [-0.4, -0.2) is 25.2 Å². The minimum Gasteiger partial charge on any atom is -0.325 e. The highest BCUT2D eigenvalue weighted by atomic mass is 32.2. The summed E-state index contributed by atoms with van der Waals surface area (Å²) in [5, 5.41) is -0.518. The molecule has 2 unspecified atom stereocenters. The second-order valence-corrected chi connectivity index (χ2v) is 5.36. The van der Waals surface area contributed by atoms with Crippen LogP contribution in [0.5, 0.6) is 0 Å². The van der Waals surface area contributed by atoms with Gasteiger partial charge in [0, 0.05) is 18.4 Å². The highest BCUT2D eigenvalue weighted by molar-refractivity contribution is 7.93. The molecule has 0 radical (unpaired) electrons. The molecule has 5 heteroatoms. The molecule has 1 saturated heterocycles. The van der Waals surface area contributed by atoms with E-state index >= 15 is 0 Å². The predicted octanol–water partition coefficient (Wildman–Crippen LogP) is -0.122.